The summed E-state index contributed by atoms with van der Waals surface area (Å²) in [4.78, 5) is 16.5. The second-order valence-corrected chi connectivity index (χ2v) is 4.99. The van der Waals surface area contributed by atoms with Crippen molar-refractivity contribution in [3.8, 4) is 0 Å². The van der Waals surface area contributed by atoms with Gasteiger partial charge in [0.1, 0.15) is 0 Å². The van der Waals surface area contributed by atoms with Crippen molar-refractivity contribution in [3.63, 3.8) is 0 Å². The summed E-state index contributed by atoms with van der Waals surface area (Å²) in [5.74, 6) is -0.879. The first-order valence-corrected chi connectivity index (χ1v) is 6.60. The summed E-state index contributed by atoms with van der Waals surface area (Å²) in [5.41, 5.74) is 0.331. The second-order valence-electron chi connectivity index (χ2n) is 4.13. The molecule has 6 heteroatoms. The van der Waals surface area contributed by atoms with Crippen LogP contribution in [-0.2, 0) is 0 Å². The molecule has 0 bridgehead atoms. The summed E-state index contributed by atoms with van der Waals surface area (Å²) in [6.07, 6.45) is 1.72. The Morgan fingerprint density at radius 3 is 2.30 bits per heavy atom. The molecule has 2 rings (SSSR count). The number of hydrogen-bond donors (Lipinski definition) is 1. The molecule has 2 aromatic rings. The van der Waals surface area contributed by atoms with Crippen LogP contribution < -0.4 is 18.9 Å². The predicted molar refractivity (Wildman–Crippen MR) is 76.5 cm³/mol. The van der Waals surface area contributed by atoms with Crippen LogP contribution in [0.5, 0.6) is 0 Å². The average molecular weight is 284 g/mol. The molecule has 1 unspecified atom stereocenters. The normalized spacial score (nSPS) is 11.0. The fraction of sp³-hybridized carbons (Fsp3) is 0.286. The molecule has 1 aromatic carbocycles. The number of hydrogen-bond acceptors (Lipinski definition) is 4. The Balaban J connectivity index is 0.000000345. The number of aromatic nitrogens is 1. The topological polar surface area (TPSA) is 53.4 Å². The average Bonchev–Trinajstić information content (AvgIpc) is 2.93. The Morgan fingerprint density at radius 2 is 1.95 bits per heavy atom. The molecule has 0 spiro atoms. The van der Waals surface area contributed by atoms with Crippen LogP contribution in [0, 0.1) is 5.38 Å². The summed E-state index contributed by atoms with van der Waals surface area (Å²) in [6, 6.07) is 8.71. The molecule has 0 saturated heterocycles. The Kier molecular flexibility index (Phi) is 9.18. The molecule has 0 aliphatic carbocycles. The maximum absolute atomic E-state index is 10.2. The minimum absolute atomic E-state index is 0. The van der Waals surface area contributed by atoms with Gasteiger partial charge >= 0.3 is 24.8 Å². The zero-order valence-corrected chi connectivity index (χ0v) is 13.0. The van der Waals surface area contributed by atoms with Crippen molar-refractivity contribution in [1.82, 2.24) is 9.88 Å². The van der Waals surface area contributed by atoms with E-state index in [1.54, 1.807) is 47.9 Å². The number of carboxylic acid groups (broad SMARTS) is 1. The Bertz CT molecular complexity index is 489. The molecule has 0 radical (unpaired) electrons. The van der Waals surface area contributed by atoms with Crippen molar-refractivity contribution in [2.45, 2.75) is 13.0 Å². The largest absolute Gasteiger partial charge is 1.00 e. The van der Waals surface area contributed by atoms with Crippen LogP contribution in [-0.4, -0.2) is 35.1 Å². The molecular weight excluding hydrogens is 267 g/mol. The van der Waals surface area contributed by atoms with Crippen LogP contribution in [0.1, 0.15) is 28.3 Å². The van der Waals surface area contributed by atoms with E-state index in [0.29, 0.717) is 11.6 Å². The van der Waals surface area contributed by atoms with E-state index >= 15 is 0 Å². The number of carboxylic acids is 1. The summed E-state index contributed by atoms with van der Waals surface area (Å²) in [5, 5.41) is 12.5. The number of aromatic carboxylic acids is 1. The predicted octanol–water partition coefficient (Wildman–Crippen LogP) is -0.0453. The molecule has 0 aliphatic rings. The van der Waals surface area contributed by atoms with Gasteiger partial charge in [0.15, 0.2) is 0 Å². The van der Waals surface area contributed by atoms with Gasteiger partial charge in [0.25, 0.3) is 0 Å². The van der Waals surface area contributed by atoms with Crippen molar-refractivity contribution in [2.75, 3.05) is 14.1 Å². The molecule has 0 saturated carbocycles. The maximum atomic E-state index is 10.2. The number of thiazole rings is 1. The third-order valence-electron chi connectivity index (χ3n) is 2.56. The van der Waals surface area contributed by atoms with Gasteiger partial charge in [-0.25, -0.2) is 4.79 Å². The molecule has 4 nitrogen and oxygen atoms in total. The number of carbonyl (C=O) groups is 1. The van der Waals surface area contributed by atoms with Crippen molar-refractivity contribution in [3.05, 3.63) is 52.5 Å². The molecule has 0 fully saturated rings. The van der Waals surface area contributed by atoms with Crippen molar-refractivity contribution in [1.29, 1.82) is 0 Å². The fourth-order valence-corrected chi connectivity index (χ4v) is 1.91. The van der Waals surface area contributed by atoms with Crippen molar-refractivity contribution < 1.29 is 28.8 Å². The minimum Gasteiger partial charge on any atom is -0.478 e. The maximum Gasteiger partial charge on any atom is 1.00 e. The van der Waals surface area contributed by atoms with Crippen LogP contribution in [0.15, 0.2) is 36.5 Å². The summed E-state index contributed by atoms with van der Waals surface area (Å²) in [6.45, 7) is 2.13. The van der Waals surface area contributed by atoms with E-state index < -0.39 is 5.97 Å². The molecule has 102 valence electrons. The Hall–Kier alpha value is -1.12. The van der Waals surface area contributed by atoms with E-state index in [9.17, 15) is 4.79 Å². The summed E-state index contributed by atoms with van der Waals surface area (Å²) < 4.78 is 0. The minimum atomic E-state index is -0.879. The molecule has 1 N–H and O–H groups in total. The van der Waals surface area contributed by atoms with Crippen LogP contribution in [0.3, 0.4) is 0 Å². The van der Waals surface area contributed by atoms with Crippen LogP contribution in [0.4, 0.5) is 0 Å². The number of rotatable bonds is 3. The quantitative estimate of drug-likeness (QED) is 0.634. The second kappa shape index (κ2) is 9.73. The number of benzene rings is 1. The molecule has 1 heterocycles. The molecule has 20 heavy (non-hydrogen) atoms. The van der Waals surface area contributed by atoms with Gasteiger partial charge in [-0.05, 0) is 37.3 Å². The molecule has 1 aromatic heterocycles. The van der Waals surface area contributed by atoms with E-state index in [4.69, 9.17) is 5.11 Å². The van der Waals surface area contributed by atoms with Crippen molar-refractivity contribution in [2.24, 2.45) is 0 Å². The van der Waals surface area contributed by atoms with Crippen molar-refractivity contribution >= 4 is 17.3 Å². The van der Waals surface area contributed by atoms with Gasteiger partial charge in [-0.3, -0.25) is 0 Å². The smallest absolute Gasteiger partial charge is 0.478 e. The molecule has 1 atom stereocenters. The first-order valence-electron chi connectivity index (χ1n) is 5.79. The summed E-state index contributed by atoms with van der Waals surface area (Å²) in [7, 11) is 4.10. The third kappa shape index (κ3) is 6.35. The van der Waals surface area contributed by atoms with Crippen LogP contribution in [0.2, 0.25) is 0 Å². The van der Waals surface area contributed by atoms with Gasteiger partial charge in [-0.15, -0.1) is 0 Å². The SMILES string of the molecule is CC(c1nc[c-]s1)N(C)C.O=C(O)c1ccccc1.[Li+]. The monoisotopic (exact) mass is 284 g/mol. The Morgan fingerprint density at radius 1 is 1.35 bits per heavy atom. The van der Waals surface area contributed by atoms with Crippen LogP contribution in [0.25, 0.3) is 0 Å². The van der Waals surface area contributed by atoms with Gasteiger partial charge in [-0.2, -0.15) is 5.38 Å². The molecular formula is C14H17LiN2O2S. The van der Waals surface area contributed by atoms with E-state index in [2.05, 4.69) is 22.2 Å². The number of nitrogens with zero attached hydrogens (tertiary/aromatic N) is 2. The van der Waals surface area contributed by atoms with Gasteiger partial charge in [0.05, 0.1) is 5.56 Å². The van der Waals surface area contributed by atoms with Gasteiger partial charge < -0.3 is 26.3 Å². The Labute approximate surface area is 135 Å². The zero-order valence-electron chi connectivity index (χ0n) is 12.2. The zero-order chi connectivity index (χ0) is 14.3. The first-order chi connectivity index (χ1) is 9.02. The molecule has 0 amide bonds. The van der Waals surface area contributed by atoms with Crippen LogP contribution >= 0.6 is 11.3 Å². The van der Waals surface area contributed by atoms with E-state index in [0.717, 1.165) is 5.01 Å². The summed E-state index contributed by atoms with van der Waals surface area (Å²) >= 11 is 1.58. The van der Waals surface area contributed by atoms with Gasteiger partial charge in [0.2, 0.25) is 0 Å². The molecule has 0 aliphatic heterocycles. The third-order valence-corrected chi connectivity index (χ3v) is 3.44. The van der Waals surface area contributed by atoms with E-state index in [1.165, 1.54) is 0 Å². The standard InChI is InChI=1S/C7H11N2S.C7H6O2.Li/c1-6(9(2)3)7-8-4-5-10-7;8-7(9)6-4-2-1-3-5-6;/h4,6H,1-3H3;1-5H,(H,8,9);/q-1;;+1. The van der Waals surface area contributed by atoms with E-state index in [1.807, 2.05) is 14.1 Å². The van der Waals surface area contributed by atoms with Gasteiger partial charge in [0, 0.05) is 0 Å². The van der Waals surface area contributed by atoms with Gasteiger partial charge in [-0.1, -0.05) is 31.3 Å². The van der Waals surface area contributed by atoms with E-state index in [-0.39, 0.29) is 18.9 Å². The fourth-order valence-electron chi connectivity index (χ4n) is 1.20. The first kappa shape index (κ1) is 18.9.